The Kier molecular flexibility index (Phi) is 2.35. The third-order valence-corrected chi connectivity index (χ3v) is 1.89. The van der Waals surface area contributed by atoms with Gasteiger partial charge in [-0.25, -0.2) is 18.2 Å². The van der Waals surface area contributed by atoms with E-state index in [1.165, 1.54) is 0 Å². The van der Waals surface area contributed by atoms with E-state index < -0.39 is 34.6 Å². The van der Waals surface area contributed by atoms with Gasteiger partial charge in [-0.3, -0.25) is 0 Å². The van der Waals surface area contributed by atoms with Crippen LogP contribution in [0.5, 0.6) is 0 Å². The number of aromatic carboxylic acids is 1. The summed E-state index contributed by atoms with van der Waals surface area (Å²) in [6.07, 6.45) is 0. The minimum absolute atomic E-state index is 0.469. The van der Waals surface area contributed by atoms with Crippen LogP contribution in [0.3, 0.4) is 0 Å². The monoisotopic (exact) mass is 226 g/mol. The van der Waals surface area contributed by atoms with Gasteiger partial charge in [0.2, 0.25) is 5.69 Å². The number of hydrogen-bond donors (Lipinski definition) is 1. The Bertz CT molecular complexity index is 533. The van der Waals surface area contributed by atoms with E-state index in [-0.39, 0.29) is 0 Å². The minimum Gasteiger partial charge on any atom is -0.476 e. The molecule has 0 saturated heterocycles. The highest BCUT2D eigenvalue weighted by molar-refractivity contribution is 5.92. The van der Waals surface area contributed by atoms with Gasteiger partial charge >= 0.3 is 5.97 Å². The molecule has 2 aromatic rings. The summed E-state index contributed by atoms with van der Waals surface area (Å²) in [4.78, 5) is 10.7. The van der Waals surface area contributed by atoms with E-state index in [0.29, 0.717) is 0 Å². The molecule has 1 N–H and O–H groups in total. The van der Waals surface area contributed by atoms with Gasteiger partial charge in [0.25, 0.3) is 0 Å². The highest BCUT2D eigenvalue weighted by atomic mass is 19.1. The van der Waals surface area contributed by atoms with Gasteiger partial charge in [-0.2, -0.15) is 0 Å². The Balaban J connectivity index is 2.68. The molecule has 0 atom stereocenters. The molecule has 0 radical (unpaired) electrons. The Morgan fingerprint density at radius 2 is 1.88 bits per heavy atom. The first kappa shape index (κ1) is 10.2. The average molecular weight is 226 g/mol. The lowest BCUT2D eigenvalue weighted by Crippen LogP contribution is -2.01. The lowest BCUT2D eigenvalue weighted by molar-refractivity contribution is 0.0685. The molecule has 82 valence electrons. The van der Waals surface area contributed by atoms with Crippen molar-refractivity contribution >= 4 is 5.97 Å². The predicted molar refractivity (Wildman–Crippen MR) is 46.6 cm³/mol. The zero-order valence-electron chi connectivity index (χ0n) is 7.65. The summed E-state index contributed by atoms with van der Waals surface area (Å²) < 4.78 is 30.8. The van der Waals surface area contributed by atoms with Crippen LogP contribution in [0.4, 0.5) is 8.78 Å². The molecule has 0 saturated carbocycles. The molecule has 0 aliphatic carbocycles. The lowest BCUT2D eigenvalue weighted by Gasteiger charge is -2.00. The van der Waals surface area contributed by atoms with Gasteiger partial charge < -0.3 is 5.11 Å². The van der Waals surface area contributed by atoms with E-state index in [9.17, 15) is 13.6 Å². The van der Waals surface area contributed by atoms with Gasteiger partial charge in [-0.15, -0.1) is 0 Å². The molecule has 0 amide bonds. The van der Waals surface area contributed by atoms with Crippen LogP contribution in [-0.4, -0.2) is 21.4 Å². The number of carbonyl (C=O) groups is 1. The average Bonchev–Trinajstić information content (AvgIpc) is 2.66. The number of carboxylic acid groups (broad SMARTS) is 1. The summed E-state index contributed by atoms with van der Waals surface area (Å²) in [6, 6.07) is 3.12. The van der Waals surface area contributed by atoms with Crippen molar-refractivity contribution in [1.82, 2.24) is 10.3 Å². The molecule has 1 heterocycles. The van der Waals surface area contributed by atoms with Crippen molar-refractivity contribution < 1.29 is 23.3 Å². The molecule has 2 rings (SSSR count). The quantitative estimate of drug-likeness (QED) is 0.843. The summed E-state index contributed by atoms with van der Waals surface area (Å²) in [7, 11) is 0. The van der Waals surface area contributed by atoms with E-state index in [1.54, 1.807) is 0 Å². The zero-order chi connectivity index (χ0) is 11.7. The molecule has 0 unspecified atom stereocenters. The molecule has 16 heavy (non-hydrogen) atoms. The highest BCUT2D eigenvalue weighted by Gasteiger charge is 2.24. The van der Waals surface area contributed by atoms with Gasteiger partial charge in [0.1, 0.15) is 11.6 Å². The summed E-state index contributed by atoms with van der Waals surface area (Å²) in [5, 5.41) is 14.9. The van der Waals surface area contributed by atoms with Crippen LogP contribution >= 0.6 is 0 Å². The molecule has 0 aliphatic heterocycles. The Labute approximate surface area is 87.3 Å². The topological polar surface area (TPSA) is 76.2 Å². The SMILES string of the molecule is O=C(O)c1nonc1-c1c(F)cccc1F. The van der Waals surface area contributed by atoms with E-state index in [0.717, 1.165) is 18.2 Å². The third-order valence-electron chi connectivity index (χ3n) is 1.89. The van der Waals surface area contributed by atoms with Crippen LogP contribution < -0.4 is 0 Å². The first-order valence-corrected chi connectivity index (χ1v) is 4.11. The fraction of sp³-hybridized carbons (Fsp3) is 0. The second kappa shape index (κ2) is 3.69. The van der Waals surface area contributed by atoms with Gasteiger partial charge in [0.15, 0.2) is 5.69 Å². The van der Waals surface area contributed by atoms with Crippen molar-refractivity contribution in [2.45, 2.75) is 0 Å². The molecule has 1 aromatic carbocycles. The maximum absolute atomic E-state index is 13.3. The van der Waals surface area contributed by atoms with Gasteiger partial charge in [0.05, 0.1) is 5.56 Å². The Morgan fingerprint density at radius 1 is 1.25 bits per heavy atom. The molecule has 0 spiro atoms. The van der Waals surface area contributed by atoms with Crippen molar-refractivity contribution in [3.8, 4) is 11.3 Å². The first-order valence-electron chi connectivity index (χ1n) is 4.11. The number of carboxylic acids is 1. The third kappa shape index (κ3) is 1.52. The Morgan fingerprint density at radius 3 is 2.44 bits per heavy atom. The maximum Gasteiger partial charge on any atom is 0.360 e. The van der Waals surface area contributed by atoms with Crippen molar-refractivity contribution in [2.24, 2.45) is 0 Å². The summed E-state index contributed by atoms with van der Waals surface area (Å²) in [5.41, 5.74) is -1.67. The Hall–Kier alpha value is -2.31. The van der Waals surface area contributed by atoms with Crippen LogP contribution in [0.25, 0.3) is 11.3 Å². The van der Waals surface area contributed by atoms with Gasteiger partial charge in [-0.05, 0) is 22.4 Å². The van der Waals surface area contributed by atoms with Gasteiger partial charge in [0, 0.05) is 0 Å². The van der Waals surface area contributed by atoms with Gasteiger partial charge in [-0.1, -0.05) is 6.07 Å². The van der Waals surface area contributed by atoms with E-state index in [2.05, 4.69) is 14.9 Å². The van der Waals surface area contributed by atoms with E-state index >= 15 is 0 Å². The van der Waals surface area contributed by atoms with Crippen molar-refractivity contribution in [1.29, 1.82) is 0 Å². The molecule has 1 aromatic heterocycles. The first-order chi connectivity index (χ1) is 7.61. The van der Waals surface area contributed by atoms with Crippen LogP contribution in [0.2, 0.25) is 0 Å². The molecule has 0 aliphatic rings. The van der Waals surface area contributed by atoms with Crippen LogP contribution in [0, 0.1) is 11.6 Å². The molecular weight excluding hydrogens is 222 g/mol. The smallest absolute Gasteiger partial charge is 0.360 e. The predicted octanol–water partition coefficient (Wildman–Crippen LogP) is 1.71. The number of hydrogen-bond acceptors (Lipinski definition) is 4. The fourth-order valence-corrected chi connectivity index (χ4v) is 1.22. The molecule has 5 nitrogen and oxygen atoms in total. The standard InChI is InChI=1S/C9H4F2N2O3/c10-4-2-1-3-5(11)6(4)7-8(9(14)15)13-16-12-7/h1-3H,(H,14,15). The number of benzene rings is 1. The molecule has 0 bridgehead atoms. The lowest BCUT2D eigenvalue weighted by atomic mass is 10.1. The van der Waals surface area contributed by atoms with Crippen LogP contribution in [0.1, 0.15) is 10.5 Å². The van der Waals surface area contributed by atoms with Crippen molar-refractivity contribution in [3.05, 3.63) is 35.5 Å². The van der Waals surface area contributed by atoms with Crippen molar-refractivity contribution in [2.75, 3.05) is 0 Å². The van der Waals surface area contributed by atoms with Crippen LogP contribution in [0.15, 0.2) is 22.8 Å². The summed E-state index contributed by atoms with van der Waals surface area (Å²) in [6.45, 7) is 0. The number of rotatable bonds is 2. The van der Waals surface area contributed by atoms with E-state index in [4.69, 9.17) is 5.11 Å². The summed E-state index contributed by atoms with van der Waals surface area (Å²) in [5.74, 6) is -3.34. The van der Waals surface area contributed by atoms with E-state index in [1.807, 2.05) is 0 Å². The molecule has 7 heteroatoms. The number of nitrogens with zero attached hydrogens (tertiary/aromatic N) is 2. The fourth-order valence-electron chi connectivity index (χ4n) is 1.22. The number of aromatic nitrogens is 2. The van der Waals surface area contributed by atoms with Crippen molar-refractivity contribution in [3.63, 3.8) is 0 Å². The largest absolute Gasteiger partial charge is 0.476 e. The minimum atomic E-state index is -1.47. The number of halogens is 2. The zero-order valence-corrected chi connectivity index (χ0v) is 7.65. The maximum atomic E-state index is 13.3. The second-order valence-corrected chi connectivity index (χ2v) is 2.86. The normalized spacial score (nSPS) is 10.4. The highest BCUT2D eigenvalue weighted by Crippen LogP contribution is 2.26. The summed E-state index contributed by atoms with van der Waals surface area (Å²) >= 11 is 0. The van der Waals surface area contributed by atoms with Crippen LogP contribution in [-0.2, 0) is 0 Å². The molecule has 0 fully saturated rings. The molecular formula is C9H4F2N2O3. The second-order valence-electron chi connectivity index (χ2n) is 2.86.